The number of alkyl halides is 3. The van der Waals surface area contributed by atoms with E-state index in [2.05, 4.69) is 14.8 Å². The van der Waals surface area contributed by atoms with Crippen molar-refractivity contribution in [3.63, 3.8) is 0 Å². The molecule has 1 aliphatic rings. The Hall–Kier alpha value is -2.10. The highest BCUT2D eigenvalue weighted by molar-refractivity contribution is 7.90. The van der Waals surface area contributed by atoms with Crippen LogP contribution in [-0.4, -0.2) is 79.3 Å². The molecule has 0 aromatic heterocycles. The van der Waals surface area contributed by atoms with Gasteiger partial charge in [-0.05, 0) is 11.6 Å². The van der Waals surface area contributed by atoms with Crippen LogP contribution in [0.25, 0.3) is 10.4 Å². The number of methoxy groups -OCH3 is 1. The first kappa shape index (κ1) is 22.9. The van der Waals surface area contributed by atoms with Crippen LogP contribution in [0.1, 0.15) is 0 Å². The normalized spacial score (nSPS) is 25.4. The average Bonchev–Trinajstić information content (AvgIpc) is 2.59. The predicted octanol–water partition coefficient (Wildman–Crippen LogP) is -1.36. The van der Waals surface area contributed by atoms with Crippen molar-refractivity contribution in [2.75, 3.05) is 13.7 Å². The van der Waals surface area contributed by atoms with Crippen LogP contribution in [0, 0.1) is 0 Å². The summed E-state index contributed by atoms with van der Waals surface area (Å²) in [4.78, 5) is 14.0. The van der Waals surface area contributed by atoms with Crippen LogP contribution >= 0.6 is 0 Å². The van der Waals surface area contributed by atoms with E-state index in [1.807, 2.05) is 0 Å². The zero-order chi connectivity index (χ0) is 21.0. The lowest BCUT2D eigenvalue weighted by Crippen LogP contribution is -2.61. The summed E-state index contributed by atoms with van der Waals surface area (Å²) in [6.07, 6.45) is -5.54. The highest BCUT2D eigenvalue weighted by Crippen LogP contribution is 2.29. The molecular formula is C11H15F3N4O8S. The largest absolute Gasteiger partial charge is 0.511 e. The number of rotatable bonds is 7. The van der Waals surface area contributed by atoms with Gasteiger partial charge in [-0.25, -0.2) is 13.2 Å². The molecule has 4 N–H and O–H groups in total. The predicted molar refractivity (Wildman–Crippen MR) is 78.9 cm³/mol. The minimum Gasteiger partial charge on any atom is -0.479 e. The Balaban J connectivity index is 3.46. The van der Waals surface area contributed by atoms with Crippen molar-refractivity contribution >= 4 is 16.0 Å². The van der Waals surface area contributed by atoms with Gasteiger partial charge in [0.2, 0.25) is 5.76 Å². The fourth-order valence-corrected chi connectivity index (χ4v) is 2.85. The molecule has 0 spiro atoms. The Bertz CT molecular complexity index is 736. The van der Waals surface area contributed by atoms with E-state index in [1.54, 1.807) is 0 Å². The third kappa shape index (κ3) is 5.21. The van der Waals surface area contributed by atoms with Gasteiger partial charge >= 0.3 is 21.5 Å². The van der Waals surface area contributed by atoms with Crippen LogP contribution in [0.4, 0.5) is 13.2 Å². The lowest BCUT2D eigenvalue weighted by Gasteiger charge is -2.38. The molecule has 0 saturated carbocycles. The van der Waals surface area contributed by atoms with Crippen LogP contribution in [0.3, 0.4) is 0 Å². The molecule has 1 heterocycles. The molecule has 0 radical (unpaired) electrons. The van der Waals surface area contributed by atoms with Gasteiger partial charge < -0.3 is 24.8 Å². The standard InChI is InChI=1S/C11H15F3N4O8S/c1-25-10(22)6-2-4(16-18-15)7(17-27(23,24)11(12,13)14)9(26-6)8(21)5(20)3-19/h2,4-5,7-9,17,19-21H,3H2,1H3/t4-,5+,7+,8+,9+/m0/s1. The molecule has 0 fully saturated rings. The summed E-state index contributed by atoms with van der Waals surface area (Å²) in [5.41, 5.74) is 2.82. The first-order valence-electron chi connectivity index (χ1n) is 6.96. The lowest BCUT2D eigenvalue weighted by molar-refractivity contribution is -0.148. The third-order valence-corrected chi connectivity index (χ3v) is 4.58. The minimum absolute atomic E-state index is 0.684. The first-order chi connectivity index (χ1) is 12.4. The second-order valence-corrected chi connectivity index (χ2v) is 6.84. The number of esters is 1. The summed E-state index contributed by atoms with van der Waals surface area (Å²) in [5, 5.41) is 31.5. The zero-order valence-electron chi connectivity index (χ0n) is 13.4. The fourth-order valence-electron chi connectivity index (χ4n) is 2.09. The molecule has 0 aromatic carbocycles. The molecule has 16 heteroatoms. The van der Waals surface area contributed by atoms with Gasteiger partial charge in [0.25, 0.3) is 0 Å². The van der Waals surface area contributed by atoms with E-state index in [4.69, 9.17) is 15.4 Å². The van der Waals surface area contributed by atoms with E-state index < -0.39 is 64.3 Å². The number of aliphatic hydroxyl groups excluding tert-OH is 3. The van der Waals surface area contributed by atoms with Gasteiger partial charge in [-0.15, -0.1) is 0 Å². The highest BCUT2D eigenvalue weighted by Gasteiger charge is 2.51. The van der Waals surface area contributed by atoms with Crippen molar-refractivity contribution in [1.82, 2.24) is 4.72 Å². The van der Waals surface area contributed by atoms with Gasteiger partial charge in [0.15, 0.2) is 0 Å². The van der Waals surface area contributed by atoms with Gasteiger partial charge in [0.05, 0.1) is 25.8 Å². The third-order valence-electron chi connectivity index (χ3n) is 3.39. The monoisotopic (exact) mass is 420 g/mol. The number of sulfonamides is 1. The molecule has 1 aliphatic heterocycles. The maximum Gasteiger partial charge on any atom is 0.511 e. The van der Waals surface area contributed by atoms with Crippen LogP contribution in [0.2, 0.25) is 0 Å². The van der Waals surface area contributed by atoms with Crippen LogP contribution in [0.5, 0.6) is 0 Å². The lowest BCUT2D eigenvalue weighted by atomic mass is 9.93. The van der Waals surface area contributed by atoms with Crippen LogP contribution < -0.4 is 4.72 Å². The van der Waals surface area contributed by atoms with Crippen molar-refractivity contribution in [3.8, 4) is 0 Å². The highest BCUT2D eigenvalue weighted by atomic mass is 32.2. The van der Waals surface area contributed by atoms with E-state index in [1.165, 1.54) is 4.72 Å². The Morgan fingerprint density at radius 2 is 2.11 bits per heavy atom. The molecule has 12 nitrogen and oxygen atoms in total. The molecule has 5 atom stereocenters. The van der Waals surface area contributed by atoms with Crippen LogP contribution in [0.15, 0.2) is 16.9 Å². The molecule has 0 unspecified atom stereocenters. The summed E-state index contributed by atoms with van der Waals surface area (Å²) in [7, 11) is -5.09. The Morgan fingerprint density at radius 3 is 2.56 bits per heavy atom. The van der Waals surface area contributed by atoms with Gasteiger partial charge in [-0.1, -0.05) is 5.11 Å². The Morgan fingerprint density at radius 1 is 1.52 bits per heavy atom. The van der Waals surface area contributed by atoms with E-state index in [9.17, 15) is 36.6 Å². The number of aliphatic hydroxyl groups is 3. The smallest absolute Gasteiger partial charge is 0.479 e. The zero-order valence-corrected chi connectivity index (χ0v) is 14.3. The number of hydrogen-bond donors (Lipinski definition) is 4. The molecule has 1 rings (SSSR count). The second-order valence-electron chi connectivity index (χ2n) is 5.13. The quantitative estimate of drug-likeness (QED) is 0.168. The molecule has 27 heavy (non-hydrogen) atoms. The number of carbonyl (C=O) groups excluding carboxylic acids is 1. The maximum absolute atomic E-state index is 12.7. The second kappa shape index (κ2) is 8.73. The molecule has 0 aliphatic carbocycles. The van der Waals surface area contributed by atoms with Crippen LogP contribution in [-0.2, 0) is 24.3 Å². The Kier molecular flexibility index (Phi) is 7.41. The number of nitrogens with one attached hydrogen (secondary N) is 1. The fraction of sp³-hybridized carbons (Fsp3) is 0.727. The molecular weight excluding hydrogens is 405 g/mol. The number of azide groups is 1. The topological polar surface area (TPSA) is 191 Å². The molecule has 0 bridgehead atoms. The maximum atomic E-state index is 12.7. The SMILES string of the molecule is COC(=O)C1=C[C@H](N=[N+]=[N-])[C@@H](NS(=O)(=O)C(F)(F)F)[C@H]([C@H](O)[C@H](O)CO)O1. The van der Waals surface area contributed by atoms with E-state index in [0.717, 1.165) is 7.11 Å². The van der Waals surface area contributed by atoms with E-state index in [0.29, 0.717) is 6.08 Å². The van der Waals surface area contributed by atoms with Crippen molar-refractivity contribution in [2.45, 2.75) is 35.9 Å². The number of hydrogen-bond acceptors (Lipinski definition) is 9. The summed E-state index contributed by atoms with van der Waals surface area (Å²) >= 11 is 0. The number of ether oxygens (including phenoxy) is 2. The number of nitrogens with zero attached hydrogens (tertiary/aromatic N) is 3. The van der Waals surface area contributed by atoms with E-state index in [-0.39, 0.29) is 0 Å². The van der Waals surface area contributed by atoms with Crippen molar-refractivity contribution < 1.29 is 51.2 Å². The summed E-state index contributed by atoms with van der Waals surface area (Å²) in [5.74, 6) is -1.90. The van der Waals surface area contributed by atoms with Gasteiger partial charge in [-0.2, -0.15) is 17.9 Å². The molecule has 154 valence electrons. The molecule has 0 saturated heterocycles. The van der Waals surface area contributed by atoms with Gasteiger partial charge in [0, 0.05) is 4.91 Å². The average molecular weight is 420 g/mol. The summed E-state index contributed by atoms with van der Waals surface area (Å²) < 4.78 is 71.3. The molecule has 0 amide bonds. The number of carbonyl (C=O) groups is 1. The van der Waals surface area contributed by atoms with Gasteiger partial charge in [-0.3, -0.25) is 0 Å². The van der Waals surface area contributed by atoms with Crippen molar-refractivity contribution in [1.29, 1.82) is 0 Å². The minimum atomic E-state index is -6.00. The summed E-state index contributed by atoms with van der Waals surface area (Å²) in [6.45, 7) is -1.08. The van der Waals surface area contributed by atoms with Crippen molar-refractivity contribution in [3.05, 3.63) is 22.3 Å². The first-order valence-corrected chi connectivity index (χ1v) is 8.44. The number of halogens is 3. The van der Waals surface area contributed by atoms with Gasteiger partial charge in [0.1, 0.15) is 18.3 Å². The van der Waals surface area contributed by atoms with Crippen molar-refractivity contribution in [2.24, 2.45) is 5.11 Å². The Labute approximate surface area is 149 Å². The van der Waals surface area contributed by atoms with E-state index >= 15 is 0 Å². The summed E-state index contributed by atoms with van der Waals surface area (Å²) in [6, 6.07) is -3.86. The molecule has 0 aromatic rings.